The van der Waals surface area contributed by atoms with E-state index < -0.39 is 0 Å². The van der Waals surface area contributed by atoms with Crippen LogP contribution in [-0.2, 0) is 0 Å². The molecule has 3 aromatic rings. The van der Waals surface area contributed by atoms with E-state index in [-0.39, 0.29) is 6.17 Å². The van der Waals surface area contributed by atoms with E-state index in [0.29, 0.717) is 0 Å². The zero-order chi connectivity index (χ0) is 17.9. The summed E-state index contributed by atoms with van der Waals surface area (Å²) in [7, 11) is 0. The number of benzene rings is 1. The van der Waals surface area contributed by atoms with Crippen LogP contribution < -0.4 is 5.32 Å². The summed E-state index contributed by atoms with van der Waals surface area (Å²) < 4.78 is 2.15. The van der Waals surface area contributed by atoms with Crippen molar-refractivity contribution in [3.05, 3.63) is 60.0 Å². The van der Waals surface area contributed by atoms with Gasteiger partial charge < -0.3 is 5.32 Å². The van der Waals surface area contributed by atoms with Crippen molar-refractivity contribution in [2.24, 2.45) is 0 Å². The van der Waals surface area contributed by atoms with Gasteiger partial charge in [0, 0.05) is 48.2 Å². The molecule has 0 bridgehead atoms. The molecule has 1 unspecified atom stereocenters. The van der Waals surface area contributed by atoms with Crippen molar-refractivity contribution in [2.75, 3.05) is 26.2 Å². The van der Waals surface area contributed by atoms with E-state index in [0.717, 1.165) is 53.6 Å². The predicted octanol–water partition coefficient (Wildman–Crippen LogP) is 3.69. The van der Waals surface area contributed by atoms with Gasteiger partial charge in [-0.25, -0.2) is 4.68 Å². The molecule has 0 saturated carbocycles. The predicted molar refractivity (Wildman–Crippen MR) is 105 cm³/mol. The van der Waals surface area contributed by atoms with E-state index in [2.05, 4.69) is 38.9 Å². The second-order valence-corrected chi connectivity index (χ2v) is 6.84. The topological polar surface area (TPSA) is 46.0 Å². The average Bonchev–Trinajstić information content (AvgIpc) is 3.14. The Morgan fingerprint density at radius 2 is 1.88 bits per heavy atom. The number of nitrogens with one attached hydrogen (secondary N) is 1. The lowest BCUT2D eigenvalue weighted by Crippen LogP contribution is -2.48. The molecule has 1 aliphatic heterocycles. The first-order valence-electron chi connectivity index (χ1n) is 8.96. The Labute approximate surface area is 158 Å². The molecule has 0 radical (unpaired) electrons. The molecule has 1 aromatic carbocycles. The van der Waals surface area contributed by atoms with Gasteiger partial charge in [-0.1, -0.05) is 30.7 Å². The zero-order valence-electron chi connectivity index (χ0n) is 14.8. The minimum absolute atomic E-state index is 0.190. The number of pyridine rings is 1. The zero-order valence-corrected chi connectivity index (χ0v) is 15.5. The van der Waals surface area contributed by atoms with Crippen LogP contribution in [0, 0.1) is 0 Å². The van der Waals surface area contributed by atoms with Gasteiger partial charge in [0.05, 0.1) is 11.9 Å². The molecule has 5 nitrogen and oxygen atoms in total. The van der Waals surface area contributed by atoms with E-state index in [1.54, 1.807) is 0 Å². The summed E-state index contributed by atoms with van der Waals surface area (Å²) in [5.74, 6) is 0. The van der Waals surface area contributed by atoms with Gasteiger partial charge in [-0.2, -0.15) is 5.10 Å². The molecule has 0 amide bonds. The fraction of sp³-hybridized carbons (Fsp3) is 0.300. The summed E-state index contributed by atoms with van der Waals surface area (Å²) in [6.45, 7) is 6.11. The maximum absolute atomic E-state index is 6.12. The lowest BCUT2D eigenvalue weighted by atomic mass is 10.0. The van der Waals surface area contributed by atoms with Crippen LogP contribution in [-0.4, -0.2) is 45.8 Å². The number of halogens is 1. The monoisotopic (exact) mass is 367 g/mol. The van der Waals surface area contributed by atoms with E-state index in [1.807, 2.05) is 42.9 Å². The van der Waals surface area contributed by atoms with Crippen LogP contribution in [0.25, 0.3) is 22.4 Å². The highest BCUT2D eigenvalue weighted by molar-refractivity contribution is 6.30. The van der Waals surface area contributed by atoms with Crippen LogP contribution >= 0.6 is 11.6 Å². The molecular formula is C20H22ClN5. The molecule has 3 heterocycles. The lowest BCUT2D eigenvalue weighted by molar-refractivity contribution is 0.106. The Morgan fingerprint density at radius 1 is 1.12 bits per heavy atom. The van der Waals surface area contributed by atoms with Gasteiger partial charge >= 0.3 is 0 Å². The van der Waals surface area contributed by atoms with Gasteiger partial charge in [0.2, 0.25) is 0 Å². The first-order chi connectivity index (χ1) is 12.8. The van der Waals surface area contributed by atoms with Gasteiger partial charge in [0.15, 0.2) is 0 Å². The van der Waals surface area contributed by atoms with Crippen molar-refractivity contribution in [3.8, 4) is 22.4 Å². The van der Waals surface area contributed by atoms with E-state index in [4.69, 9.17) is 16.7 Å². The van der Waals surface area contributed by atoms with Gasteiger partial charge in [-0.3, -0.25) is 9.88 Å². The van der Waals surface area contributed by atoms with E-state index >= 15 is 0 Å². The molecule has 1 saturated heterocycles. The van der Waals surface area contributed by atoms with E-state index in [1.165, 1.54) is 0 Å². The molecule has 1 aliphatic rings. The minimum atomic E-state index is 0.190. The first kappa shape index (κ1) is 17.2. The SMILES string of the molecule is CCN1CCNCC1n1ncc(-c2ccncc2)c1-c1ccc(Cl)cc1. The minimum Gasteiger partial charge on any atom is -0.312 e. The molecule has 2 aromatic heterocycles. The maximum atomic E-state index is 6.12. The Kier molecular flexibility index (Phi) is 5.02. The number of likely N-dealkylation sites (N-methyl/N-ethyl adjacent to an activating group) is 1. The number of nitrogens with zero attached hydrogens (tertiary/aromatic N) is 4. The third-order valence-electron chi connectivity index (χ3n) is 4.92. The first-order valence-corrected chi connectivity index (χ1v) is 9.34. The molecule has 1 N–H and O–H groups in total. The van der Waals surface area contributed by atoms with Crippen LogP contribution in [0.15, 0.2) is 55.0 Å². The van der Waals surface area contributed by atoms with Crippen molar-refractivity contribution < 1.29 is 0 Å². The van der Waals surface area contributed by atoms with Crippen molar-refractivity contribution in [1.82, 2.24) is 25.0 Å². The number of hydrogen-bond acceptors (Lipinski definition) is 4. The van der Waals surface area contributed by atoms with Crippen molar-refractivity contribution in [1.29, 1.82) is 0 Å². The number of rotatable bonds is 4. The highest BCUT2D eigenvalue weighted by atomic mass is 35.5. The average molecular weight is 368 g/mol. The smallest absolute Gasteiger partial charge is 0.117 e. The van der Waals surface area contributed by atoms with Crippen LogP contribution in [0.5, 0.6) is 0 Å². The standard InChI is InChI=1S/C20H22ClN5/c1-2-25-12-11-23-14-19(25)26-20(16-3-5-17(21)6-4-16)18(13-24-26)15-7-9-22-10-8-15/h3-10,13,19,23H,2,11-12,14H2,1H3. The highest BCUT2D eigenvalue weighted by Crippen LogP contribution is 2.35. The molecule has 0 spiro atoms. The third-order valence-corrected chi connectivity index (χ3v) is 5.17. The number of aromatic nitrogens is 3. The summed E-state index contributed by atoms with van der Waals surface area (Å²) in [6.07, 6.45) is 5.79. The lowest BCUT2D eigenvalue weighted by Gasteiger charge is -2.36. The van der Waals surface area contributed by atoms with Crippen LogP contribution in [0.3, 0.4) is 0 Å². The van der Waals surface area contributed by atoms with Gasteiger partial charge in [-0.15, -0.1) is 0 Å². The summed E-state index contributed by atoms with van der Waals surface area (Å²) >= 11 is 6.12. The van der Waals surface area contributed by atoms with Gasteiger partial charge in [-0.05, 0) is 36.4 Å². The summed E-state index contributed by atoms with van der Waals surface area (Å²) in [5.41, 5.74) is 4.44. The fourth-order valence-corrected chi connectivity index (χ4v) is 3.69. The molecule has 6 heteroatoms. The van der Waals surface area contributed by atoms with Crippen molar-refractivity contribution in [3.63, 3.8) is 0 Å². The van der Waals surface area contributed by atoms with Crippen LogP contribution in [0.2, 0.25) is 5.02 Å². The number of piperazine rings is 1. The Hall–Kier alpha value is -2.21. The highest BCUT2D eigenvalue weighted by Gasteiger charge is 2.27. The summed E-state index contributed by atoms with van der Waals surface area (Å²) in [6, 6.07) is 12.0. The van der Waals surface area contributed by atoms with Crippen LogP contribution in [0.4, 0.5) is 0 Å². The molecule has 0 aliphatic carbocycles. The molecule has 1 atom stereocenters. The maximum Gasteiger partial charge on any atom is 0.117 e. The molecule has 4 rings (SSSR count). The molecular weight excluding hydrogens is 346 g/mol. The summed E-state index contributed by atoms with van der Waals surface area (Å²) in [5, 5.41) is 9.03. The van der Waals surface area contributed by atoms with E-state index in [9.17, 15) is 0 Å². The van der Waals surface area contributed by atoms with Crippen molar-refractivity contribution >= 4 is 11.6 Å². The fourth-order valence-electron chi connectivity index (χ4n) is 3.57. The Balaban J connectivity index is 1.86. The second kappa shape index (κ2) is 7.58. The Morgan fingerprint density at radius 3 is 2.62 bits per heavy atom. The van der Waals surface area contributed by atoms with Crippen molar-refractivity contribution in [2.45, 2.75) is 13.1 Å². The molecule has 26 heavy (non-hydrogen) atoms. The quantitative estimate of drug-likeness (QED) is 0.764. The molecule has 1 fully saturated rings. The van der Waals surface area contributed by atoms with Gasteiger partial charge in [0.1, 0.15) is 6.17 Å². The number of hydrogen-bond donors (Lipinski definition) is 1. The van der Waals surface area contributed by atoms with Crippen LogP contribution in [0.1, 0.15) is 13.1 Å². The van der Waals surface area contributed by atoms with Gasteiger partial charge in [0.25, 0.3) is 0 Å². The molecule has 134 valence electrons. The summed E-state index contributed by atoms with van der Waals surface area (Å²) in [4.78, 5) is 6.60. The largest absolute Gasteiger partial charge is 0.312 e. The second-order valence-electron chi connectivity index (χ2n) is 6.41. The normalized spacial score (nSPS) is 18.2. The Bertz CT molecular complexity index is 860. The third kappa shape index (κ3) is 3.26.